The van der Waals surface area contributed by atoms with Gasteiger partial charge in [0, 0.05) is 22.6 Å². The second kappa shape index (κ2) is 6.00. The second-order valence-electron chi connectivity index (χ2n) is 4.45. The van der Waals surface area contributed by atoms with Gasteiger partial charge in [0.25, 0.3) is 11.6 Å². The Labute approximate surface area is 123 Å². The highest BCUT2D eigenvalue weighted by molar-refractivity contribution is 9.10. The number of hydrogen-bond acceptors (Lipinski definition) is 4. The summed E-state index contributed by atoms with van der Waals surface area (Å²) in [5, 5.41) is 15.8. The molecule has 1 aliphatic carbocycles. The standard InChI is InChI=1S/C12H12BrN3O4/c13-10-4-3-8(16(19)20)5-9(10)12(18)14-6-11(17)15-7-1-2-7/h3-5,7H,1-2,6H2,(H,14,18)(H,15,17). The Kier molecular flexibility index (Phi) is 4.33. The molecule has 0 radical (unpaired) electrons. The lowest BCUT2D eigenvalue weighted by Crippen LogP contribution is -2.37. The first kappa shape index (κ1) is 14.4. The van der Waals surface area contributed by atoms with Crippen molar-refractivity contribution in [3.63, 3.8) is 0 Å². The first-order valence-corrected chi connectivity index (χ1v) is 6.78. The van der Waals surface area contributed by atoms with Crippen molar-refractivity contribution in [3.05, 3.63) is 38.3 Å². The number of hydrogen-bond donors (Lipinski definition) is 2. The van der Waals surface area contributed by atoms with Crippen LogP contribution in [-0.2, 0) is 4.79 Å². The summed E-state index contributed by atoms with van der Waals surface area (Å²) in [6.07, 6.45) is 1.94. The molecule has 0 spiro atoms. The van der Waals surface area contributed by atoms with Gasteiger partial charge >= 0.3 is 0 Å². The molecule has 0 aromatic heterocycles. The van der Waals surface area contributed by atoms with E-state index in [2.05, 4.69) is 26.6 Å². The topological polar surface area (TPSA) is 101 Å². The third-order valence-electron chi connectivity index (χ3n) is 2.76. The van der Waals surface area contributed by atoms with Crippen LogP contribution in [0, 0.1) is 10.1 Å². The van der Waals surface area contributed by atoms with Crippen LogP contribution in [0.2, 0.25) is 0 Å². The largest absolute Gasteiger partial charge is 0.352 e. The third kappa shape index (κ3) is 3.77. The van der Waals surface area contributed by atoms with E-state index in [1.807, 2.05) is 0 Å². The van der Waals surface area contributed by atoms with E-state index in [0.717, 1.165) is 18.9 Å². The lowest BCUT2D eigenvalue weighted by Gasteiger charge is -2.07. The van der Waals surface area contributed by atoms with E-state index in [9.17, 15) is 19.7 Å². The molecule has 0 bridgehead atoms. The number of carbonyl (C=O) groups excluding carboxylic acids is 2. The molecule has 20 heavy (non-hydrogen) atoms. The van der Waals surface area contributed by atoms with Gasteiger partial charge in [-0.3, -0.25) is 19.7 Å². The fourth-order valence-electron chi connectivity index (χ4n) is 1.56. The first-order valence-electron chi connectivity index (χ1n) is 5.99. The van der Waals surface area contributed by atoms with Gasteiger partial charge in [-0.05, 0) is 34.8 Å². The van der Waals surface area contributed by atoms with Gasteiger partial charge in [-0.2, -0.15) is 0 Å². The lowest BCUT2D eigenvalue weighted by atomic mass is 10.2. The summed E-state index contributed by atoms with van der Waals surface area (Å²) < 4.78 is 0.434. The molecular formula is C12H12BrN3O4. The van der Waals surface area contributed by atoms with E-state index in [4.69, 9.17) is 0 Å². The highest BCUT2D eigenvalue weighted by Crippen LogP contribution is 2.22. The van der Waals surface area contributed by atoms with Gasteiger partial charge in [-0.15, -0.1) is 0 Å². The van der Waals surface area contributed by atoms with E-state index < -0.39 is 10.8 Å². The minimum Gasteiger partial charge on any atom is -0.352 e. The van der Waals surface area contributed by atoms with Crippen molar-refractivity contribution in [1.29, 1.82) is 0 Å². The van der Waals surface area contributed by atoms with E-state index in [0.29, 0.717) is 4.47 Å². The fraction of sp³-hybridized carbons (Fsp3) is 0.333. The zero-order chi connectivity index (χ0) is 14.7. The molecule has 8 heteroatoms. The van der Waals surface area contributed by atoms with Gasteiger partial charge in [-0.25, -0.2) is 0 Å². The monoisotopic (exact) mass is 341 g/mol. The SMILES string of the molecule is O=C(CNC(=O)c1cc([N+](=O)[O-])ccc1Br)NC1CC1. The van der Waals surface area contributed by atoms with Crippen molar-refractivity contribution < 1.29 is 14.5 Å². The Hall–Kier alpha value is -1.96. The Bertz CT molecular complexity index is 572. The van der Waals surface area contributed by atoms with Crippen LogP contribution >= 0.6 is 15.9 Å². The minimum atomic E-state index is -0.580. The highest BCUT2D eigenvalue weighted by atomic mass is 79.9. The van der Waals surface area contributed by atoms with Gasteiger partial charge in [0.05, 0.1) is 17.0 Å². The van der Waals surface area contributed by atoms with Crippen LogP contribution in [-0.4, -0.2) is 29.3 Å². The number of benzene rings is 1. The van der Waals surface area contributed by atoms with Crippen molar-refractivity contribution >= 4 is 33.4 Å². The Morgan fingerprint density at radius 1 is 1.40 bits per heavy atom. The maximum Gasteiger partial charge on any atom is 0.270 e. The molecule has 0 saturated heterocycles. The molecule has 1 aromatic rings. The number of nitrogens with zero attached hydrogens (tertiary/aromatic N) is 1. The average molecular weight is 342 g/mol. The Balaban J connectivity index is 1.98. The molecule has 7 nitrogen and oxygen atoms in total. The smallest absolute Gasteiger partial charge is 0.270 e. The number of rotatable bonds is 5. The summed E-state index contributed by atoms with van der Waals surface area (Å²) in [6.45, 7) is -0.148. The fourth-order valence-corrected chi connectivity index (χ4v) is 1.99. The van der Waals surface area contributed by atoms with E-state index in [1.54, 1.807) is 0 Å². The van der Waals surface area contributed by atoms with Gasteiger partial charge < -0.3 is 10.6 Å². The molecule has 1 saturated carbocycles. The number of nitro groups is 1. The van der Waals surface area contributed by atoms with Crippen molar-refractivity contribution in [2.24, 2.45) is 0 Å². The van der Waals surface area contributed by atoms with Crippen LogP contribution in [0.15, 0.2) is 22.7 Å². The number of amides is 2. The predicted molar refractivity (Wildman–Crippen MR) is 74.3 cm³/mol. The highest BCUT2D eigenvalue weighted by Gasteiger charge is 2.23. The van der Waals surface area contributed by atoms with E-state index >= 15 is 0 Å². The molecule has 0 heterocycles. The van der Waals surface area contributed by atoms with Gasteiger partial charge in [0.2, 0.25) is 5.91 Å². The van der Waals surface area contributed by atoms with Crippen LogP contribution in [0.4, 0.5) is 5.69 Å². The van der Waals surface area contributed by atoms with Crippen LogP contribution < -0.4 is 10.6 Å². The average Bonchev–Trinajstić information content (AvgIpc) is 3.20. The molecular weight excluding hydrogens is 330 g/mol. The summed E-state index contributed by atoms with van der Waals surface area (Å²) in [5.41, 5.74) is -0.0563. The number of carbonyl (C=O) groups is 2. The van der Waals surface area contributed by atoms with Crippen LogP contribution in [0.1, 0.15) is 23.2 Å². The first-order chi connectivity index (χ1) is 9.47. The molecule has 0 unspecified atom stereocenters. The van der Waals surface area contributed by atoms with Crippen molar-refractivity contribution in [2.75, 3.05) is 6.54 Å². The molecule has 0 aliphatic heterocycles. The molecule has 1 fully saturated rings. The van der Waals surface area contributed by atoms with Crippen LogP contribution in [0.5, 0.6) is 0 Å². The van der Waals surface area contributed by atoms with Crippen molar-refractivity contribution in [1.82, 2.24) is 10.6 Å². The zero-order valence-corrected chi connectivity index (χ0v) is 12.0. The van der Waals surface area contributed by atoms with E-state index in [-0.39, 0.29) is 29.7 Å². The quantitative estimate of drug-likeness (QED) is 0.623. The number of nitro benzene ring substituents is 1. The summed E-state index contributed by atoms with van der Waals surface area (Å²) >= 11 is 3.15. The number of nitrogens with one attached hydrogen (secondary N) is 2. The molecule has 2 amide bonds. The van der Waals surface area contributed by atoms with Crippen LogP contribution in [0.3, 0.4) is 0 Å². The summed E-state index contributed by atoms with van der Waals surface area (Å²) in [6, 6.07) is 4.11. The molecule has 1 aliphatic rings. The van der Waals surface area contributed by atoms with Crippen molar-refractivity contribution in [3.8, 4) is 0 Å². The van der Waals surface area contributed by atoms with E-state index in [1.165, 1.54) is 12.1 Å². The third-order valence-corrected chi connectivity index (χ3v) is 3.45. The maximum absolute atomic E-state index is 11.9. The Morgan fingerprint density at radius 2 is 2.10 bits per heavy atom. The van der Waals surface area contributed by atoms with Crippen molar-refractivity contribution in [2.45, 2.75) is 18.9 Å². The van der Waals surface area contributed by atoms with Crippen LogP contribution in [0.25, 0.3) is 0 Å². The molecule has 2 rings (SSSR count). The zero-order valence-electron chi connectivity index (χ0n) is 10.4. The normalized spacial score (nSPS) is 13.7. The predicted octanol–water partition coefficient (Wildman–Crippen LogP) is 1.37. The number of non-ortho nitro benzene ring substituents is 1. The lowest BCUT2D eigenvalue weighted by molar-refractivity contribution is -0.384. The summed E-state index contributed by atoms with van der Waals surface area (Å²) in [5.74, 6) is -0.797. The molecule has 106 valence electrons. The van der Waals surface area contributed by atoms with Gasteiger partial charge in [0.1, 0.15) is 0 Å². The number of halogens is 1. The molecule has 0 atom stereocenters. The summed E-state index contributed by atoms with van der Waals surface area (Å²) in [7, 11) is 0. The van der Waals surface area contributed by atoms with Gasteiger partial charge in [0.15, 0.2) is 0 Å². The minimum absolute atomic E-state index is 0.124. The molecule has 1 aromatic carbocycles. The maximum atomic E-state index is 11.9. The molecule has 2 N–H and O–H groups in total. The summed E-state index contributed by atoms with van der Waals surface area (Å²) in [4.78, 5) is 33.4. The van der Waals surface area contributed by atoms with Gasteiger partial charge in [-0.1, -0.05) is 0 Å². The Morgan fingerprint density at radius 3 is 2.70 bits per heavy atom. The second-order valence-corrected chi connectivity index (χ2v) is 5.30.